The lowest BCUT2D eigenvalue weighted by atomic mass is 10.0. The molecule has 0 bridgehead atoms. The van der Waals surface area contributed by atoms with Crippen molar-refractivity contribution in [3.05, 3.63) is 48.5 Å². The van der Waals surface area contributed by atoms with Crippen molar-refractivity contribution in [3.8, 4) is 0 Å². The smallest absolute Gasteiger partial charge is 0.270 e. The summed E-state index contributed by atoms with van der Waals surface area (Å²) in [6.45, 7) is 5.24. The van der Waals surface area contributed by atoms with Gasteiger partial charge in [0.15, 0.2) is 6.61 Å². The van der Waals surface area contributed by atoms with Crippen LogP contribution in [-0.4, -0.2) is 11.6 Å². The lowest BCUT2D eigenvalue weighted by Gasteiger charge is -2.12. The van der Waals surface area contributed by atoms with E-state index in [0.29, 0.717) is 5.92 Å². The highest BCUT2D eigenvalue weighted by molar-refractivity contribution is 5.80. The monoisotopic (exact) mass is 309 g/mol. The van der Waals surface area contributed by atoms with Gasteiger partial charge in [-0.15, -0.1) is 0 Å². The third-order valence-corrected chi connectivity index (χ3v) is 4.42. The van der Waals surface area contributed by atoms with Crippen LogP contribution in [0.5, 0.6) is 0 Å². The third kappa shape index (κ3) is 3.44. The van der Waals surface area contributed by atoms with Crippen molar-refractivity contribution in [1.29, 1.82) is 0 Å². The van der Waals surface area contributed by atoms with Crippen LogP contribution in [0, 0.1) is 5.92 Å². The van der Waals surface area contributed by atoms with Gasteiger partial charge in [-0.05, 0) is 30.9 Å². The molecule has 1 atom stereocenters. The number of rotatable bonds is 7. The van der Waals surface area contributed by atoms with E-state index in [1.165, 1.54) is 19.3 Å². The van der Waals surface area contributed by atoms with E-state index in [9.17, 15) is 0 Å². The number of benzene rings is 2. The largest absolute Gasteiger partial charge is 0.283 e. The van der Waals surface area contributed by atoms with Crippen LogP contribution in [0.15, 0.2) is 48.5 Å². The van der Waals surface area contributed by atoms with Crippen molar-refractivity contribution in [2.45, 2.75) is 39.5 Å². The van der Waals surface area contributed by atoms with Crippen molar-refractivity contribution in [1.82, 2.24) is 4.98 Å². The molecule has 3 heteroatoms. The van der Waals surface area contributed by atoms with Gasteiger partial charge in [0.1, 0.15) is 11.0 Å². The molecule has 23 heavy (non-hydrogen) atoms. The Morgan fingerprint density at radius 2 is 1.57 bits per heavy atom. The van der Waals surface area contributed by atoms with E-state index in [0.717, 1.165) is 35.1 Å². The number of nitrogens with zero attached hydrogens (tertiary/aromatic N) is 2. The highest BCUT2D eigenvalue weighted by atomic mass is 16.7. The molecule has 0 aliphatic heterocycles. The lowest BCUT2D eigenvalue weighted by molar-refractivity contribution is -0.852. The topological polar surface area (TPSA) is 26.0 Å². The van der Waals surface area contributed by atoms with Crippen LogP contribution in [-0.2, 0) is 0 Å². The summed E-state index contributed by atoms with van der Waals surface area (Å²) in [5, 5.41) is 0. The fourth-order valence-electron chi connectivity index (χ4n) is 2.94. The molecular formula is C20H25N2O+. The second-order valence-corrected chi connectivity index (χ2v) is 6.10. The molecule has 0 fully saturated rings. The van der Waals surface area contributed by atoms with Crippen LogP contribution in [0.3, 0.4) is 0 Å². The van der Waals surface area contributed by atoms with E-state index < -0.39 is 0 Å². The zero-order valence-corrected chi connectivity index (χ0v) is 14.0. The van der Waals surface area contributed by atoms with E-state index in [1.807, 2.05) is 41.1 Å². The number of unbranched alkanes of at least 4 members (excludes halogenated alkanes) is 1. The van der Waals surface area contributed by atoms with Crippen LogP contribution in [0.25, 0.3) is 22.1 Å². The molecule has 0 saturated heterocycles. The molecule has 2 aromatic carbocycles. The average molecular weight is 309 g/mol. The normalized spacial score (nSPS) is 12.6. The summed E-state index contributed by atoms with van der Waals surface area (Å²) in [7, 11) is 0. The fraction of sp³-hybridized carbons (Fsp3) is 0.400. The van der Waals surface area contributed by atoms with Gasteiger partial charge < -0.3 is 0 Å². The molecule has 1 heterocycles. The lowest BCUT2D eigenvalue weighted by Crippen LogP contribution is -2.46. The summed E-state index contributed by atoms with van der Waals surface area (Å²) in [6.07, 6.45) is 4.89. The summed E-state index contributed by atoms with van der Waals surface area (Å²) in [6, 6.07) is 16.3. The Morgan fingerprint density at radius 3 is 2.13 bits per heavy atom. The number of hydrogen-bond donors (Lipinski definition) is 0. The van der Waals surface area contributed by atoms with Gasteiger partial charge >= 0.3 is 0 Å². The molecule has 0 radical (unpaired) electrons. The first kappa shape index (κ1) is 15.7. The second-order valence-electron chi connectivity index (χ2n) is 6.10. The van der Waals surface area contributed by atoms with Gasteiger partial charge in [-0.2, -0.15) is 0 Å². The first-order valence-electron chi connectivity index (χ1n) is 8.66. The molecule has 1 aromatic heterocycles. The van der Waals surface area contributed by atoms with E-state index in [4.69, 9.17) is 9.82 Å². The Bertz CT molecular complexity index is 731. The van der Waals surface area contributed by atoms with Crippen LogP contribution < -0.4 is 9.57 Å². The Labute approximate surface area is 137 Å². The van der Waals surface area contributed by atoms with Crippen molar-refractivity contribution in [2.24, 2.45) is 5.92 Å². The summed E-state index contributed by atoms with van der Waals surface area (Å²) >= 11 is 0. The zero-order chi connectivity index (χ0) is 16.1. The van der Waals surface area contributed by atoms with Crippen molar-refractivity contribution in [2.75, 3.05) is 6.61 Å². The van der Waals surface area contributed by atoms with Crippen LogP contribution in [0.1, 0.15) is 39.5 Å². The molecular weight excluding hydrogens is 284 g/mol. The molecule has 0 aliphatic carbocycles. The first-order chi connectivity index (χ1) is 11.3. The molecule has 3 nitrogen and oxygen atoms in total. The van der Waals surface area contributed by atoms with E-state index in [2.05, 4.69) is 26.0 Å². The molecule has 0 saturated carbocycles. The van der Waals surface area contributed by atoms with Gasteiger partial charge in [0.05, 0.1) is 0 Å². The number of fused-ring (bicyclic) bond motifs is 2. The average Bonchev–Trinajstić information content (AvgIpc) is 2.61. The predicted molar refractivity (Wildman–Crippen MR) is 94.2 cm³/mol. The first-order valence-corrected chi connectivity index (χ1v) is 8.66. The Kier molecular flexibility index (Phi) is 5.06. The van der Waals surface area contributed by atoms with Gasteiger partial charge in [0, 0.05) is 16.9 Å². The van der Waals surface area contributed by atoms with Crippen molar-refractivity contribution >= 4 is 22.1 Å². The van der Waals surface area contributed by atoms with E-state index in [-0.39, 0.29) is 0 Å². The van der Waals surface area contributed by atoms with Crippen molar-refractivity contribution in [3.63, 3.8) is 0 Å². The van der Waals surface area contributed by atoms with Gasteiger partial charge in [-0.3, -0.25) is 4.84 Å². The SMILES string of the molecule is CCCCC(CC)CO[n+]1c2ccccc2nc2ccccc21. The van der Waals surface area contributed by atoms with Crippen LogP contribution >= 0.6 is 0 Å². The number of hydrogen-bond acceptors (Lipinski definition) is 2. The summed E-state index contributed by atoms with van der Waals surface area (Å²) in [5.74, 6) is 0.605. The maximum absolute atomic E-state index is 6.26. The number of aromatic nitrogens is 2. The molecule has 0 spiro atoms. The van der Waals surface area contributed by atoms with Crippen LogP contribution in [0.2, 0.25) is 0 Å². The zero-order valence-electron chi connectivity index (χ0n) is 14.0. The molecule has 0 amide bonds. The second kappa shape index (κ2) is 7.40. The highest BCUT2D eigenvalue weighted by Crippen LogP contribution is 2.15. The van der Waals surface area contributed by atoms with Gasteiger partial charge in [-0.25, -0.2) is 4.98 Å². The standard InChI is InChI=1S/C20H25N2O/c1-3-5-10-16(4-2)15-23-22-19-13-8-6-11-17(19)21-18-12-7-9-14-20(18)22/h6-9,11-14,16H,3-5,10,15H2,1-2H3/q+1. The van der Waals surface area contributed by atoms with Crippen molar-refractivity contribution < 1.29 is 9.57 Å². The van der Waals surface area contributed by atoms with Crippen LogP contribution in [0.4, 0.5) is 0 Å². The highest BCUT2D eigenvalue weighted by Gasteiger charge is 2.19. The quantitative estimate of drug-likeness (QED) is 0.480. The Balaban J connectivity index is 1.96. The van der Waals surface area contributed by atoms with Gasteiger partial charge in [0.25, 0.3) is 11.0 Å². The molecule has 0 aliphatic rings. The number of para-hydroxylation sites is 4. The Hall–Kier alpha value is -2.16. The van der Waals surface area contributed by atoms with Gasteiger partial charge in [0.2, 0.25) is 0 Å². The predicted octanol–water partition coefficient (Wildman–Crippen LogP) is 4.32. The minimum Gasteiger partial charge on any atom is -0.270 e. The fourth-order valence-corrected chi connectivity index (χ4v) is 2.94. The molecule has 1 unspecified atom stereocenters. The summed E-state index contributed by atoms with van der Waals surface area (Å²) < 4.78 is 1.96. The molecule has 120 valence electrons. The van der Waals surface area contributed by atoms with E-state index in [1.54, 1.807) is 0 Å². The minimum atomic E-state index is 0.605. The minimum absolute atomic E-state index is 0.605. The summed E-state index contributed by atoms with van der Waals surface area (Å²) in [5.41, 5.74) is 3.98. The maximum Gasteiger partial charge on any atom is 0.283 e. The summed E-state index contributed by atoms with van der Waals surface area (Å²) in [4.78, 5) is 11.0. The third-order valence-electron chi connectivity index (χ3n) is 4.42. The maximum atomic E-state index is 6.26. The molecule has 3 aromatic rings. The Morgan fingerprint density at radius 1 is 0.957 bits per heavy atom. The van der Waals surface area contributed by atoms with Gasteiger partial charge in [-0.1, -0.05) is 51.0 Å². The van der Waals surface area contributed by atoms with E-state index >= 15 is 0 Å². The molecule has 0 N–H and O–H groups in total. The molecule has 3 rings (SSSR count).